The molecule has 2 unspecified atom stereocenters. The number of carbonyl (C=O) groups is 3. The molecule has 1 N–H and O–H groups in total. The highest BCUT2D eigenvalue weighted by atomic mass is 35.5. The maximum absolute atomic E-state index is 14.8. The van der Waals surface area contributed by atoms with Gasteiger partial charge in [-0.25, -0.2) is 0 Å². The van der Waals surface area contributed by atoms with E-state index in [1.165, 1.54) is 9.80 Å². The molecule has 224 valence electrons. The summed E-state index contributed by atoms with van der Waals surface area (Å²) in [4.78, 5) is 46.0. The van der Waals surface area contributed by atoms with Gasteiger partial charge in [0.05, 0.1) is 41.5 Å². The predicted molar refractivity (Wildman–Crippen MR) is 158 cm³/mol. The monoisotopic (exact) mass is 586 g/mol. The van der Waals surface area contributed by atoms with Crippen LogP contribution in [0.4, 0.5) is 5.69 Å². The molecule has 2 bridgehead atoms. The van der Waals surface area contributed by atoms with Crippen molar-refractivity contribution >= 4 is 35.1 Å². The number of halogens is 1. The number of allylic oxidation sites excluding steroid dienone is 1. The zero-order chi connectivity index (χ0) is 29.9. The quantitative estimate of drug-likeness (QED) is 0.189. The summed E-state index contributed by atoms with van der Waals surface area (Å²) in [7, 11) is 0. The minimum atomic E-state index is -1.24. The van der Waals surface area contributed by atoms with E-state index in [1.807, 2.05) is 20.8 Å². The van der Waals surface area contributed by atoms with Crippen LogP contribution in [0.15, 0.2) is 49.6 Å². The van der Waals surface area contributed by atoms with Gasteiger partial charge < -0.3 is 24.4 Å². The molecule has 9 heteroatoms. The fourth-order valence-corrected chi connectivity index (χ4v) is 7.45. The van der Waals surface area contributed by atoms with Crippen LogP contribution in [-0.2, 0) is 23.9 Å². The van der Waals surface area contributed by atoms with E-state index in [0.717, 1.165) is 0 Å². The lowest BCUT2D eigenvalue weighted by Gasteiger charge is -2.41. The molecule has 2 amide bonds. The van der Waals surface area contributed by atoms with Crippen molar-refractivity contribution in [2.75, 3.05) is 24.7 Å². The fraction of sp³-hybridized carbons (Fsp3) is 0.594. The summed E-state index contributed by atoms with van der Waals surface area (Å²) in [6.07, 6.45) is 6.87. The summed E-state index contributed by atoms with van der Waals surface area (Å²) in [6.45, 7) is 13.5. The molecule has 0 radical (unpaired) electrons. The smallest absolute Gasteiger partial charge is 0.312 e. The number of para-hydroxylation sites is 1. The highest BCUT2D eigenvalue weighted by molar-refractivity contribution is 6.34. The Balaban J connectivity index is 1.84. The van der Waals surface area contributed by atoms with Gasteiger partial charge in [0.15, 0.2) is 0 Å². The number of fused-ring (bicyclic) bond motifs is 1. The van der Waals surface area contributed by atoms with Crippen LogP contribution in [0.25, 0.3) is 0 Å². The van der Waals surface area contributed by atoms with Crippen molar-refractivity contribution in [1.29, 1.82) is 0 Å². The summed E-state index contributed by atoms with van der Waals surface area (Å²) in [5, 5.41) is 11.0. The lowest BCUT2D eigenvalue weighted by atomic mass is 9.65. The van der Waals surface area contributed by atoms with Crippen LogP contribution >= 0.6 is 11.6 Å². The Bertz CT molecular complexity index is 1170. The molecule has 1 spiro atoms. The van der Waals surface area contributed by atoms with Gasteiger partial charge in [0.1, 0.15) is 17.6 Å². The first-order valence-electron chi connectivity index (χ1n) is 14.7. The van der Waals surface area contributed by atoms with Crippen LogP contribution in [0.3, 0.4) is 0 Å². The van der Waals surface area contributed by atoms with Gasteiger partial charge in [0, 0.05) is 6.54 Å². The molecule has 1 aromatic carbocycles. The summed E-state index contributed by atoms with van der Waals surface area (Å²) >= 11 is 6.55. The van der Waals surface area contributed by atoms with E-state index in [0.29, 0.717) is 49.2 Å². The molecule has 41 heavy (non-hydrogen) atoms. The molecular formula is C32H43ClN2O6. The van der Waals surface area contributed by atoms with Crippen molar-refractivity contribution in [1.82, 2.24) is 4.90 Å². The van der Waals surface area contributed by atoms with Crippen molar-refractivity contribution in [2.24, 2.45) is 17.8 Å². The van der Waals surface area contributed by atoms with Crippen LogP contribution in [0.1, 0.15) is 59.3 Å². The number of hydrogen-bond donors (Lipinski definition) is 1. The number of carbonyl (C=O) groups excluding carboxylic acids is 3. The van der Waals surface area contributed by atoms with Crippen LogP contribution in [0.5, 0.6) is 0 Å². The predicted octanol–water partition coefficient (Wildman–Crippen LogP) is 4.93. The van der Waals surface area contributed by atoms with Crippen molar-refractivity contribution in [3.8, 4) is 0 Å². The molecule has 3 aliphatic rings. The first kappa shape index (κ1) is 31.3. The fourth-order valence-electron chi connectivity index (χ4n) is 7.21. The molecule has 1 aromatic rings. The summed E-state index contributed by atoms with van der Waals surface area (Å²) in [5.74, 6) is -3.04. The van der Waals surface area contributed by atoms with Crippen molar-refractivity contribution < 1.29 is 29.0 Å². The standard InChI is InChI=1S/C32H43ClN2O6/c1-6-10-13-19-40-30(39)26-25-28(37)35(24(20-36)21(5)8-3)27(32(25)17-16-31(26,9-4)41-32)29(38)34(18-7-2)23-15-12-11-14-22(23)33/h6-7,11-12,14-15,21,24-27,36H,1-2,8-10,13,16-20H2,3-5H3/t21-,24-,25-,26-,27?,31+,32?/m0/s1. The van der Waals surface area contributed by atoms with E-state index < -0.39 is 41.1 Å². The molecular weight excluding hydrogens is 544 g/mol. The van der Waals surface area contributed by atoms with Crippen LogP contribution in [0.2, 0.25) is 5.02 Å². The molecule has 0 aromatic heterocycles. The molecule has 0 aliphatic carbocycles. The Kier molecular flexibility index (Phi) is 9.66. The summed E-state index contributed by atoms with van der Waals surface area (Å²) < 4.78 is 12.6. The molecule has 8 nitrogen and oxygen atoms in total. The second-order valence-corrected chi connectivity index (χ2v) is 11.9. The van der Waals surface area contributed by atoms with E-state index in [4.69, 9.17) is 21.1 Å². The second kappa shape index (κ2) is 12.7. The maximum Gasteiger partial charge on any atom is 0.312 e. The number of rotatable bonds is 14. The molecule has 4 rings (SSSR count). The normalized spacial score (nSPS) is 29.6. The Morgan fingerprint density at radius 3 is 2.61 bits per heavy atom. The molecule has 3 saturated heterocycles. The molecule has 3 aliphatic heterocycles. The molecule has 0 saturated carbocycles. The lowest BCUT2D eigenvalue weighted by Crippen LogP contribution is -2.60. The van der Waals surface area contributed by atoms with Gasteiger partial charge >= 0.3 is 5.97 Å². The number of likely N-dealkylation sites (tertiary alicyclic amines) is 1. The van der Waals surface area contributed by atoms with Crippen molar-refractivity contribution in [2.45, 2.75) is 82.6 Å². The molecule has 7 atom stereocenters. The number of nitrogens with zero attached hydrogens (tertiary/aromatic N) is 2. The highest BCUT2D eigenvalue weighted by Gasteiger charge is 2.79. The first-order chi connectivity index (χ1) is 19.7. The summed E-state index contributed by atoms with van der Waals surface area (Å²) in [5.41, 5.74) is -1.65. The number of amides is 2. The molecule has 3 fully saturated rings. The largest absolute Gasteiger partial charge is 0.465 e. The average molecular weight is 587 g/mol. The number of unbranched alkanes of at least 4 members (excludes halogenated alkanes) is 1. The van der Waals surface area contributed by atoms with Gasteiger partial charge in [0.25, 0.3) is 5.91 Å². The summed E-state index contributed by atoms with van der Waals surface area (Å²) in [6, 6.07) is 5.34. The number of aliphatic hydroxyl groups excluding tert-OH is 1. The third-order valence-electron chi connectivity index (χ3n) is 9.47. The van der Waals surface area contributed by atoms with Gasteiger partial charge in [-0.1, -0.05) is 63.1 Å². The maximum atomic E-state index is 14.8. The Morgan fingerprint density at radius 2 is 2.00 bits per heavy atom. The van der Waals surface area contributed by atoms with Crippen molar-refractivity contribution in [3.63, 3.8) is 0 Å². The van der Waals surface area contributed by atoms with Crippen molar-refractivity contribution in [3.05, 3.63) is 54.6 Å². The van der Waals surface area contributed by atoms with Crippen LogP contribution < -0.4 is 4.90 Å². The van der Waals surface area contributed by atoms with Gasteiger partial charge in [-0.3, -0.25) is 14.4 Å². The second-order valence-electron chi connectivity index (χ2n) is 11.5. The van der Waals surface area contributed by atoms with Gasteiger partial charge in [-0.15, -0.1) is 13.2 Å². The number of benzene rings is 1. The van der Waals surface area contributed by atoms with Crippen LogP contribution in [-0.4, -0.2) is 70.8 Å². The minimum Gasteiger partial charge on any atom is -0.465 e. The average Bonchev–Trinajstić information content (AvgIpc) is 3.58. The van der Waals surface area contributed by atoms with E-state index in [2.05, 4.69) is 13.2 Å². The lowest BCUT2D eigenvalue weighted by molar-refractivity contribution is -0.162. The van der Waals surface area contributed by atoms with Crippen LogP contribution in [0, 0.1) is 17.8 Å². The van der Waals surface area contributed by atoms with Gasteiger partial charge in [-0.05, 0) is 50.2 Å². The third kappa shape index (κ3) is 5.12. The minimum absolute atomic E-state index is 0.107. The zero-order valence-electron chi connectivity index (χ0n) is 24.4. The van der Waals surface area contributed by atoms with E-state index in [-0.39, 0.29) is 37.5 Å². The van der Waals surface area contributed by atoms with Gasteiger partial charge in [-0.2, -0.15) is 0 Å². The number of aliphatic hydroxyl groups is 1. The highest BCUT2D eigenvalue weighted by Crippen LogP contribution is 2.65. The topological polar surface area (TPSA) is 96.4 Å². The number of hydrogen-bond acceptors (Lipinski definition) is 6. The zero-order valence-corrected chi connectivity index (χ0v) is 25.1. The Hall–Kier alpha value is -2.68. The van der Waals surface area contributed by atoms with E-state index >= 15 is 0 Å². The van der Waals surface area contributed by atoms with E-state index in [1.54, 1.807) is 36.4 Å². The number of esters is 1. The first-order valence-corrected chi connectivity index (χ1v) is 15.1. The Morgan fingerprint density at radius 1 is 1.27 bits per heavy atom. The SMILES string of the molecule is C=CCCCOC(=O)[C@@H]1[C@H]2C(=O)N([C@@H](CO)[C@@H](C)CC)C(C(=O)N(CC=C)c3ccccc3Cl)C23CC[C@@]1(CC)O3. The number of anilines is 1. The van der Waals surface area contributed by atoms with E-state index in [9.17, 15) is 19.5 Å². The molecule has 3 heterocycles. The third-order valence-corrected chi connectivity index (χ3v) is 9.79. The Labute approximate surface area is 248 Å². The number of ether oxygens (including phenoxy) is 2. The van der Waals surface area contributed by atoms with Gasteiger partial charge in [0.2, 0.25) is 5.91 Å².